The monoisotopic (exact) mass is 241 g/mol. The molecule has 0 saturated carbocycles. The van der Waals surface area contributed by atoms with E-state index in [0.717, 1.165) is 12.0 Å². The van der Waals surface area contributed by atoms with Crippen molar-refractivity contribution in [2.24, 2.45) is 5.16 Å². The first-order valence-electron chi connectivity index (χ1n) is 6.17. The summed E-state index contributed by atoms with van der Waals surface area (Å²) in [6.45, 7) is 6.60. The highest BCUT2D eigenvalue weighted by Crippen LogP contribution is 2.38. The molecular weight excluding hydrogens is 222 g/mol. The lowest BCUT2D eigenvalue weighted by molar-refractivity contribution is 0.215. The molecule has 0 N–H and O–H groups in total. The fraction of sp³-hybridized carbons (Fsp3) is 0.312. The van der Waals surface area contributed by atoms with E-state index in [1.807, 2.05) is 6.07 Å². The second-order valence-electron chi connectivity index (χ2n) is 4.69. The van der Waals surface area contributed by atoms with Gasteiger partial charge in [0.1, 0.15) is 7.11 Å². The molecule has 0 atom stereocenters. The van der Waals surface area contributed by atoms with E-state index >= 15 is 0 Å². The summed E-state index contributed by atoms with van der Waals surface area (Å²) in [5, 5.41) is 3.88. The van der Waals surface area contributed by atoms with Crippen molar-refractivity contribution in [1.29, 1.82) is 0 Å². The van der Waals surface area contributed by atoms with Crippen LogP contribution >= 0.6 is 0 Å². The van der Waals surface area contributed by atoms with Crippen molar-refractivity contribution in [1.82, 2.24) is 0 Å². The molecule has 0 bridgehead atoms. The van der Waals surface area contributed by atoms with Crippen LogP contribution in [0.4, 0.5) is 0 Å². The summed E-state index contributed by atoms with van der Waals surface area (Å²) >= 11 is 0. The van der Waals surface area contributed by atoms with Gasteiger partial charge in [-0.1, -0.05) is 35.0 Å². The van der Waals surface area contributed by atoms with E-state index in [2.05, 4.69) is 44.1 Å². The van der Waals surface area contributed by atoms with Crippen LogP contribution in [-0.2, 0) is 4.84 Å². The molecule has 2 rings (SSSR count). The van der Waals surface area contributed by atoms with E-state index in [0.29, 0.717) is 0 Å². The molecule has 0 amide bonds. The fourth-order valence-corrected chi connectivity index (χ4v) is 2.37. The van der Waals surface area contributed by atoms with E-state index in [1.165, 1.54) is 27.9 Å². The highest BCUT2D eigenvalue weighted by Gasteiger charge is 2.18. The van der Waals surface area contributed by atoms with Gasteiger partial charge in [0.15, 0.2) is 0 Å². The molecule has 0 aliphatic heterocycles. The van der Waals surface area contributed by atoms with Gasteiger partial charge in [0.05, 0.1) is 6.21 Å². The number of hydrogen-bond acceptors (Lipinski definition) is 2. The Morgan fingerprint density at radius 3 is 2.44 bits per heavy atom. The average molecular weight is 241 g/mol. The molecule has 0 heterocycles. The lowest BCUT2D eigenvalue weighted by Gasteiger charge is -2.09. The van der Waals surface area contributed by atoms with Gasteiger partial charge >= 0.3 is 0 Å². The van der Waals surface area contributed by atoms with Crippen molar-refractivity contribution in [3.8, 4) is 0 Å². The molecule has 0 fully saturated rings. The maximum absolute atomic E-state index is 4.78. The summed E-state index contributed by atoms with van der Waals surface area (Å²) in [5.41, 5.74) is 8.04. The standard InChI is InChI=1S/C16H19NO/c1-11-9-16(13(3)12(11)2)15-8-6-5-7-14(15)10-17-18-4/h5-8,10H,9H2,1-4H3. The van der Waals surface area contributed by atoms with Gasteiger partial charge in [0, 0.05) is 5.56 Å². The van der Waals surface area contributed by atoms with E-state index < -0.39 is 0 Å². The van der Waals surface area contributed by atoms with Crippen LogP contribution in [0.5, 0.6) is 0 Å². The minimum Gasteiger partial charge on any atom is -0.399 e. The Balaban J connectivity index is 2.45. The number of allylic oxidation sites excluding steroid dienone is 4. The molecule has 0 aromatic heterocycles. The molecule has 2 heteroatoms. The zero-order valence-electron chi connectivity index (χ0n) is 11.4. The van der Waals surface area contributed by atoms with Gasteiger partial charge in [0.2, 0.25) is 0 Å². The van der Waals surface area contributed by atoms with Crippen molar-refractivity contribution in [2.75, 3.05) is 7.11 Å². The number of nitrogens with zero attached hydrogens (tertiary/aromatic N) is 1. The van der Waals surface area contributed by atoms with Crippen LogP contribution in [-0.4, -0.2) is 13.3 Å². The van der Waals surface area contributed by atoms with Gasteiger partial charge in [-0.05, 0) is 49.5 Å². The first-order valence-corrected chi connectivity index (χ1v) is 6.17. The number of benzene rings is 1. The fourth-order valence-electron chi connectivity index (χ4n) is 2.37. The van der Waals surface area contributed by atoms with Gasteiger partial charge in [-0.15, -0.1) is 0 Å². The molecular formula is C16H19NO. The normalized spacial score (nSPS) is 16.0. The van der Waals surface area contributed by atoms with Gasteiger partial charge in [-0.25, -0.2) is 0 Å². The van der Waals surface area contributed by atoms with Crippen LogP contribution in [0.1, 0.15) is 38.3 Å². The average Bonchev–Trinajstić information content (AvgIpc) is 2.64. The summed E-state index contributed by atoms with van der Waals surface area (Å²) in [7, 11) is 1.56. The van der Waals surface area contributed by atoms with Crippen LogP contribution in [0.2, 0.25) is 0 Å². The van der Waals surface area contributed by atoms with E-state index in [4.69, 9.17) is 4.84 Å². The molecule has 1 aromatic carbocycles. The van der Waals surface area contributed by atoms with E-state index in [-0.39, 0.29) is 0 Å². The second kappa shape index (κ2) is 5.21. The molecule has 1 aromatic rings. The van der Waals surface area contributed by atoms with Crippen LogP contribution in [0.15, 0.2) is 46.1 Å². The number of rotatable bonds is 3. The molecule has 18 heavy (non-hydrogen) atoms. The van der Waals surface area contributed by atoms with E-state index in [9.17, 15) is 0 Å². The van der Waals surface area contributed by atoms with Crippen molar-refractivity contribution in [2.45, 2.75) is 27.2 Å². The quantitative estimate of drug-likeness (QED) is 0.574. The smallest absolute Gasteiger partial charge is 0.106 e. The maximum atomic E-state index is 4.78. The number of hydrogen-bond donors (Lipinski definition) is 0. The summed E-state index contributed by atoms with van der Waals surface area (Å²) in [4.78, 5) is 4.78. The minimum atomic E-state index is 1.04. The maximum Gasteiger partial charge on any atom is 0.106 e. The van der Waals surface area contributed by atoms with Crippen molar-refractivity contribution in [3.63, 3.8) is 0 Å². The molecule has 2 nitrogen and oxygen atoms in total. The van der Waals surface area contributed by atoms with Gasteiger partial charge in [-0.2, -0.15) is 0 Å². The van der Waals surface area contributed by atoms with Crippen molar-refractivity contribution >= 4 is 11.8 Å². The molecule has 0 spiro atoms. The van der Waals surface area contributed by atoms with Gasteiger partial charge in [-0.3, -0.25) is 0 Å². The Hall–Kier alpha value is -1.83. The first kappa shape index (κ1) is 12.6. The largest absolute Gasteiger partial charge is 0.399 e. The molecule has 94 valence electrons. The van der Waals surface area contributed by atoms with Gasteiger partial charge < -0.3 is 4.84 Å². The third-order valence-corrected chi connectivity index (χ3v) is 3.68. The predicted molar refractivity (Wildman–Crippen MR) is 76.6 cm³/mol. The Morgan fingerprint density at radius 2 is 1.83 bits per heavy atom. The summed E-state index contributed by atoms with van der Waals surface area (Å²) in [6.07, 6.45) is 2.81. The summed E-state index contributed by atoms with van der Waals surface area (Å²) in [5.74, 6) is 0. The highest BCUT2D eigenvalue weighted by molar-refractivity contribution is 5.91. The Labute approximate surface area is 109 Å². The zero-order valence-corrected chi connectivity index (χ0v) is 11.4. The Bertz CT molecular complexity index is 550. The van der Waals surface area contributed by atoms with Crippen LogP contribution in [0.25, 0.3) is 5.57 Å². The molecule has 0 radical (unpaired) electrons. The third kappa shape index (κ3) is 2.23. The van der Waals surface area contributed by atoms with Crippen LogP contribution in [0, 0.1) is 0 Å². The summed E-state index contributed by atoms with van der Waals surface area (Å²) < 4.78 is 0. The van der Waals surface area contributed by atoms with Crippen LogP contribution in [0.3, 0.4) is 0 Å². The molecule has 0 saturated heterocycles. The lowest BCUT2D eigenvalue weighted by atomic mass is 9.96. The highest BCUT2D eigenvalue weighted by atomic mass is 16.6. The van der Waals surface area contributed by atoms with Crippen molar-refractivity contribution < 1.29 is 4.84 Å². The SMILES string of the molecule is CON=Cc1ccccc1C1=C(C)C(C)=C(C)C1. The minimum absolute atomic E-state index is 1.04. The second-order valence-corrected chi connectivity index (χ2v) is 4.69. The lowest BCUT2D eigenvalue weighted by Crippen LogP contribution is -1.93. The van der Waals surface area contributed by atoms with E-state index in [1.54, 1.807) is 13.3 Å². The molecule has 0 unspecified atom stereocenters. The van der Waals surface area contributed by atoms with Gasteiger partial charge in [0.25, 0.3) is 0 Å². The Morgan fingerprint density at radius 1 is 1.11 bits per heavy atom. The number of oxime groups is 1. The third-order valence-electron chi connectivity index (χ3n) is 3.68. The summed E-state index contributed by atoms with van der Waals surface area (Å²) in [6, 6.07) is 8.32. The predicted octanol–water partition coefficient (Wildman–Crippen LogP) is 4.18. The zero-order chi connectivity index (χ0) is 13.1. The topological polar surface area (TPSA) is 21.6 Å². The van der Waals surface area contributed by atoms with Crippen LogP contribution < -0.4 is 0 Å². The van der Waals surface area contributed by atoms with Crippen molar-refractivity contribution in [3.05, 3.63) is 52.1 Å². The molecule has 1 aliphatic carbocycles. The Kier molecular flexibility index (Phi) is 3.66. The first-order chi connectivity index (χ1) is 8.65. The molecule has 1 aliphatic rings.